The van der Waals surface area contributed by atoms with E-state index in [-0.39, 0.29) is 13.8 Å². The molecule has 0 atom stereocenters. The summed E-state index contributed by atoms with van der Waals surface area (Å²) in [5.74, 6) is -19.4. The zero-order valence-electron chi connectivity index (χ0n) is 81.8. The first-order valence-electron chi connectivity index (χ1n) is 39.9. The highest BCUT2D eigenvalue weighted by Crippen LogP contribution is 2.52. The van der Waals surface area contributed by atoms with Crippen molar-refractivity contribution < 1.29 is 83.4 Å². The van der Waals surface area contributed by atoms with Crippen molar-refractivity contribution in [2.24, 2.45) is 75.8 Å². The van der Waals surface area contributed by atoms with Gasteiger partial charge >= 0.3 is 18.0 Å². The molecule has 0 radical (unpaired) electrons. The SMILES string of the molecule is CC(C)(C)C(C)(C)C.CC(C)(C)C(C)(C)C(F)(F)F.CC(C)(C)C(C)(F)F.CC(C)(C)C(C)(F)F.CC(C)(F)C(C)(C)F.CC(C)(F)C(C)(F)F.CC(C)(F)C(C)(F)F.CC(F)(F)C(C)(F)F.CCC(C)(C)C(C)(C)CC.CCC(C)(C)C(C)(C)CC.CCC(C)(CC)C(C)(C)C.CCC(C)(CC)C(C)(CC)CC. The summed E-state index contributed by atoms with van der Waals surface area (Å²) in [4.78, 5) is 0. The van der Waals surface area contributed by atoms with E-state index in [2.05, 4.69) is 208 Å². The maximum Gasteiger partial charge on any atom is 0.394 e. The maximum absolute atomic E-state index is 12.5. The second-order valence-electron chi connectivity index (χ2n) is 42.6. The Morgan fingerprint density at radius 2 is 0.266 bits per heavy atom. The fraction of sp³-hybridized carbons (Fsp3) is 1.00. The van der Waals surface area contributed by atoms with Gasteiger partial charge in [0.05, 0.1) is 5.41 Å². The van der Waals surface area contributed by atoms with Crippen molar-refractivity contribution in [3.63, 3.8) is 0 Å². The smallest absolute Gasteiger partial charge is 0.241 e. The van der Waals surface area contributed by atoms with Crippen molar-refractivity contribution in [1.29, 1.82) is 0 Å². The molecule has 0 saturated carbocycles. The van der Waals surface area contributed by atoms with Gasteiger partial charge in [-0.3, -0.25) is 0 Å². The fourth-order valence-electron chi connectivity index (χ4n) is 5.86. The van der Waals surface area contributed by atoms with Crippen LogP contribution in [-0.2, 0) is 0 Å². The lowest BCUT2D eigenvalue weighted by atomic mass is 9.60. The third-order valence-electron chi connectivity index (χ3n) is 26.9. The second-order valence-corrected chi connectivity index (χ2v) is 42.6. The number of alkyl halides is 19. The van der Waals surface area contributed by atoms with E-state index in [1.165, 1.54) is 147 Å². The molecule has 0 aliphatic rings. The highest BCUT2D eigenvalue weighted by atomic mass is 19.4. The molecule has 0 amide bonds. The lowest BCUT2D eigenvalue weighted by molar-refractivity contribution is -0.243. The molecule has 19 heteroatoms. The summed E-state index contributed by atoms with van der Waals surface area (Å²) in [6.07, 6.45) is 8.77. The summed E-state index contributed by atoms with van der Waals surface area (Å²) >= 11 is 0. The van der Waals surface area contributed by atoms with E-state index in [9.17, 15) is 83.4 Å². The van der Waals surface area contributed by atoms with Crippen LogP contribution < -0.4 is 0 Å². The van der Waals surface area contributed by atoms with Crippen LogP contribution in [0.5, 0.6) is 0 Å². The zero-order valence-corrected chi connectivity index (χ0v) is 81.8. The van der Waals surface area contributed by atoms with Crippen LogP contribution in [0, 0.1) is 75.8 Å². The van der Waals surface area contributed by atoms with Crippen LogP contribution >= 0.6 is 0 Å². The number of hydrogen-bond donors (Lipinski definition) is 0. The van der Waals surface area contributed by atoms with Gasteiger partial charge in [0.1, 0.15) is 11.3 Å². The quantitative estimate of drug-likeness (QED) is 0.127. The van der Waals surface area contributed by atoms with Gasteiger partial charge in [-0.15, -0.1) is 0 Å². The first kappa shape index (κ1) is 134. The van der Waals surface area contributed by atoms with Crippen molar-refractivity contribution >= 4 is 0 Å². The van der Waals surface area contributed by atoms with Crippen LogP contribution in [0.15, 0.2) is 0 Å². The van der Waals surface area contributed by atoms with E-state index in [0.29, 0.717) is 68.0 Å². The average Bonchev–Trinajstić information content (AvgIpc) is 0.792. The van der Waals surface area contributed by atoms with Crippen LogP contribution in [0.3, 0.4) is 0 Å². The lowest BCUT2D eigenvalue weighted by Gasteiger charge is -2.45. The van der Waals surface area contributed by atoms with E-state index in [4.69, 9.17) is 0 Å². The van der Waals surface area contributed by atoms with Crippen LogP contribution in [0.2, 0.25) is 0 Å². The summed E-state index contributed by atoms with van der Waals surface area (Å²) in [6, 6.07) is 0. The van der Waals surface area contributed by atoms with Gasteiger partial charge in [-0.1, -0.05) is 348 Å². The molecular formula is C90H185F19. The highest BCUT2D eigenvalue weighted by Gasteiger charge is 2.54. The molecule has 0 aromatic carbocycles. The Morgan fingerprint density at radius 1 is 0.138 bits per heavy atom. The molecule has 0 bridgehead atoms. The molecule has 0 spiro atoms. The molecule has 0 heterocycles. The topological polar surface area (TPSA) is 0 Å². The molecule has 0 aliphatic heterocycles. The van der Waals surface area contributed by atoms with Crippen LogP contribution in [0.4, 0.5) is 83.4 Å². The fourth-order valence-corrected chi connectivity index (χ4v) is 5.86. The normalized spacial score (nSPS) is 14.1. The van der Waals surface area contributed by atoms with E-state index in [1.54, 1.807) is 20.8 Å². The minimum atomic E-state index is -4.12. The Bertz CT molecular complexity index is 1810. The van der Waals surface area contributed by atoms with Gasteiger partial charge in [0.15, 0.2) is 11.3 Å². The molecule has 678 valence electrons. The molecule has 0 aromatic rings. The molecule has 0 unspecified atom stereocenters. The molecule has 109 heavy (non-hydrogen) atoms. The molecule has 0 fully saturated rings. The van der Waals surface area contributed by atoms with Crippen LogP contribution in [0.25, 0.3) is 0 Å². The van der Waals surface area contributed by atoms with Gasteiger partial charge < -0.3 is 0 Å². The van der Waals surface area contributed by atoms with Gasteiger partial charge in [0.25, 0.3) is 11.8 Å². The first-order valence-corrected chi connectivity index (χ1v) is 39.9. The Hall–Kier alpha value is -1.33. The highest BCUT2D eigenvalue weighted by molar-refractivity contribution is 4.92. The van der Waals surface area contributed by atoms with Crippen molar-refractivity contribution in [3.8, 4) is 0 Å². The standard InChI is InChI=1S/C12H26.3C10H22.C8H15F3.C8H18.3C6H12F2.2C5H9F3.C4H6F4/c1-7-11(5,8-2)12(6,9-3)10-4;2*1-7-9(3,4)10(5,6)8-2;1-7-10(6,8-2)9(3,4)5;1-6(2,3)7(4,5)8(9,10)11;1-7(2,3)8(4,5)6;1-5(2,7)6(3,4)8;2*1-5(2,3)6(4,7)8;2*1-4(2,6)5(3,7)8;1-3(5,6)4(2,7)8/h7-10H2,1-6H3;3*7-8H2,1-6H3;1-5H3;1-6H3;3*1-4H3;2*1-3H3;1-2H3. The Labute approximate surface area is 665 Å². The van der Waals surface area contributed by atoms with Gasteiger partial charge in [0.2, 0.25) is 11.8 Å². The van der Waals surface area contributed by atoms with E-state index in [0.717, 1.165) is 41.5 Å². The maximum atomic E-state index is 12.5. The van der Waals surface area contributed by atoms with Gasteiger partial charge in [-0.2, -0.15) is 13.2 Å². The molecule has 0 aliphatic carbocycles. The zero-order chi connectivity index (χ0) is 93.6. The van der Waals surface area contributed by atoms with E-state index >= 15 is 0 Å². The summed E-state index contributed by atoms with van der Waals surface area (Å²) in [7, 11) is 0. The van der Waals surface area contributed by atoms with Crippen molar-refractivity contribution in [2.45, 2.75) is 509 Å². The van der Waals surface area contributed by atoms with E-state index in [1.807, 2.05) is 0 Å². The minimum Gasteiger partial charge on any atom is -0.241 e. The molecule has 0 aromatic heterocycles. The van der Waals surface area contributed by atoms with Crippen molar-refractivity contribution in [2.75, 3.05) is 0 Å². The first-order chi connectivity index (χ1) is 45.9. The lowest BCUT2D eigenvalue weighted by Crippen LogP contribution is -2.43. The molecule has 0 rings (SSSR count). The predicted molar refractivity (Wildman–Crippen MR) is 443 cm³/mol. The van der Waals surface area contributed by atoms with E-state index < -0.39 is 86.0 Å². The Morgan fingerprint density at radius 3 is 0.284 bits per heavy atom. The molecule has 0 saturated heterocycles. The van der Waals surface area contributed by atoms with Crippen molar-refractivity contribution in [3.05, 3.63) is 0 Å². The average molecular weight is 1630 g/mol. The minimum absolute atomic E-state index is 0.188. The summed E-state index contributed by atoms with van der Waals surface area (Å²) in [6.45, 7) is 97.8. The predicted octanol–water partition coefficient (Wildman–Crippen LogP) is 37.8. The number of rotatable bonds is 17. The summed E-state index contributed by atoms with van der Waals surface area (Å²) < 4.78 is 229. The molecule has 0 nitrogen and oxygen atoms in total. The third kappa shape index (κ3) is 55.1. The largest absolute Gasteiger partial charge is 0.394 e. The van der Waals surface area contributed by atoms with Gasteiger partial charge in [-0.25, -0.2) is 70.2 Å². The molecular weight excluding hydrogens is 1440 g/mol. The summed E-state index contributed by atoms with van der Waals surface area (Å²) in [5.41, 5.74) is -7.53. The van der Waals surface area contributed by atoms with Crippen molar-refractivity contribution in [1.82, 2.24) is 0 Å². The van der Waals surface area contributed by atoms with Gasteiger partial charge in [-0.05, 0) is 129 Å². The van der Waals surface area contributed by atoms with Crippen LogP contribution in [0.1, 0.15) is 445 Å². The monoisotopic (exact) mass is 1630 g/mol. The molecule has 0 N–H and O–H groups in total. The van der Waals surface area contributed by atoms with Gasteiger partial charge in [0, 0.05) is 38.5 Å². The third-order valence-corrected chi connectivity index (χ3v) is 26.9. The number of hydrogen-bond acceptors (Lipinski definition) is 0. The van der Waals surface area contributed by atoms with Crippen LogP contribution in [-0.4, -0.2) is 64.4 Å². The number of halogens is 19. The Balaban J connectivity index is -0.0000000944. The second kappa shape index (κ2) is 47.3. The summed E-state index contributed by atoms with van der Waals surface area (Å²) in [5, 5.41) is 0. The Kier molecular flexibility index (Phi) is 58.1.